The van der Waals surface area contributed by atoms with E-state index in [9.17, 15) is 4.79 Å². The summed E-state index contributed by atoms with van der Waals surface area (Å²) in [6.07, 6.45) is 9.99. The topological polar surface area (TPSA) is 72.5 Å². The van der Waals surface area contributed by atoms with Crippen molar-refractivity contribution in [2.75, 3.05) is 42.0 Å². The lowest BCUT2D eigenvalue weighted by atomic mass is 10.1. The molecule has 7 nitrogen and oxygen atoms in total. The first-order valence-electron chi connectivity index (χ1n) is 12.1. The molecule has 0 radical (unpaired) electrons. The number of carbonyl (C=O) groups is 1. The van der Waals surface area contributed by atoms with Gasteiger partial charge in [0, 0.05) is 79.1 Å². The van der Waals surface area contributed by atoms with E-state index in [-0.39, 0.29) is 11.9 Å². The van der Waals surface area contributed by atoms with Gasteiger partial charge in [-0.1, -0.05) is 6.07 Å². The van der Waals surface area contributed by atoms with Crippen LogP contribution in [0.3, 0.4) is 0 Å². The minimum atomic E-state index is -0.159. The van der Waals surface area contributed by atoms with Crippen LogP contribution < -0.4 is 20.9 Å². The van der Waals surface area contributed by atoms with Crippen molar-refractivity contribution in [3.05, 3.63) is 109 Å². The summed E-state index contributed by atoms with van der Waals surface area (Å²) < 4.78 is 0. The number of amides is 1. The third kappa shape index (κ3) is 5.73. The number of hydrogen-bond acceptors (Lipinski definition) is 6. The monoisotopic (exact) mass is 490 g/mol. The van der Waals surface area contributed by atoms with E-state index in [2.05, 4.69) is 56.2 Å². The fourth-order valence-corrected chi connectivity index (χ4v) is 4.13. The van der Waals surface area contributed by atoms with Crippen molar-refractivity contribution in [3.8, 4) is 0 Å². The van der Waals surface area contributed by atoms with Gasteiger partial charge >= 0.3 is 0 Å². The fourth-order valence-electron chi connectivity index (χ4n) is 4.13. The second-order valence-corrected chi connectivity index (χ2v) is 9.21. The van der Waals surface area contributed by atoms with Crippen LogP contribution in [0.4, 0.5) is 28.4 Å². The van der Waals surface area contributed by atoms with Crippen LogP contribution in [0, 0.1) is 0 Å². The van der Waals surface area contributed by atoms with Crippen LogP contribution >= 0.6 is 0 Å². The van der Waals surface area contributed by atoms with E-state index in [0.29, 0.717) is 5.56 Å². The summed E-state index contributed by atoms with van der Waals surface area (Å²) in [5.74, 6) is -0.159. The number of nitrogens with zero attached hydrogens (tertiary/aromatic N) is 3. The molecule has 0 bridgehead atoms. The molecule has 2 heterocycles. The maximum atomic E-state index is 12.9. The van der Waals surface area contributed by atoms with E-state index in [1.54, 1.807) is 6.20 Å². The zero-order chi connectivity index (χ0) is 25.8. The molecule has 3 N–H and O–H groups in total. The molecule has 1 aliphatic heterocycles. The van der Waals surface area contributed by atoms with Gasteiger partial charge in [-0.25, -0.2) is 0 Å². The Morgan fingerprint density at radius 1 is 0.892 bits per heavy atom. The fraction of sp³-hybridized carbons (Fsp3) is 0.133. The number of hydrogen-bond donors (Lipinski definition) is 3. The maximum absolute atomic E-state index is 12.9. The first-order valence-corrected chi connectivity index (χ1v) is 12.1. The van der Waals surface area contributed by atoms with Gasteiger partial charge in [0.2, 0.25) is 0 Å². The van der Waals surface area contributed by atoms with Crippen LogP contribution in [0.2, 0.25) is 0 Å². The minimum Gasteiger partial charge on any atom is -0.378 e. The smallest absolute Gasteiger partial charge is 0.255 e. The van der Waals surface area contributed by atoms with Crippen LogP contribution in [0.1, 0.15) is 10.4 Å². The highest BCUT2D eigenvalue weighted by Crippen LogP contribution is 2.28. The molecular formula is C30H30N6O. The largest absolute Gasteiger partial charge is 0.378 e. The van der Waals surface area contributed by atoms with Crippen molar-refractivity contribution in [2.24, 2.45) is 0 Å². The molecule has 0 saturated carbocycles. The normalized spacial score (nSPS) is 13.0. The molecule has 3 aromatic carbocycles. The maximum Gasteiger partial charge on any atom is 0.255 e. The molecule has 1 amide bonds. The van der Waals surface area contributed by atoms with E-state index in [1.165, 1.54) is 0 Å². The molecule has 186 valence electrons. The average Bonchev–Trinajstić information content (AvgIpc) is 2.90. The van der Waals surface area contributed by atoms with Crippen LogP contribution in [0.25, 0.3) is 10.9 Å². The number of carbonyl (C=O) groups excluding carboxylic acids is 1. The zero-order valence-electron chi connectivity index (χ0n) is 21.1. The van der Waals surface area contributed by atoms with Crippen LogP contribution in [0.5, 0.6) is 0 Å². The molecule has 7 heteroatoms. The Bertz CT molecular complexity index is 1460. The molecule has 0 atom stereocenters. The molecule has 0 spiro atoms. The number of benzene rings is 3. The van der Waals surface area contributed by atoms with Gasteiger partial charge in [0.25, 0.3) is 5.91 Å². The zero-order valence-corrected chi connectivity index (χ0v) is 21.1. The molecule has 37 heavy (non-hydrogen) atoms. The molecule has 0 fully saturated rings. The summed E-state index contributed by atoms with van der Waals surface area (Å²) in [6.45, 7) is 0. The molecule has 0 saturated heterocycles. The SMILES string of the molecule is CN1C=CC(Nc2cccc(NC(=O)c3ccc(Nc4ccnc5cc(N(C)C)ccc45)cc3)c2)C=C1. The third-order valence-corrected chi connectivity index (χ3v) is 6.18. The van der Waals surface area contributed by atoms with Crippen LogP contribution in [0.15, 0.2) is 104 Å². The number of fused-ring (bicyclic) bond motifs is 1. The van der Waals surface area contributed by atoms with E-state index in [1.807, 2.05) is 93.0 Å². The second-order valence-electron chi connectivity index (χ2n) is 9.21. The summed E-state index contributed by atoms with van der Waals surface area (Å²) in [7, 11) is 6.02. The highest BCUT2D eigenvalue weighted by atomic mass is 16.1. The van der Waals surface area contributed by atoms with E-state index < -0.39 is 0 Å². The first-order chi connectivity index (χ1) is 17.9. The number of anilines is 5. The predicted octanol–water partition coefficient (Wildman–Crippen LogP) is 6.05. The number of rotatable bonds is 7. The predicted molar refractivity (Wildman–Crippen MR) is 154 cm³/mol. The van der Waals surface area contributed by atoms with Gasteiger partial charge in [-0.15, -0.1) is 0 Å². The Morgan fingerprint density at radius 2 is 1.65 bits per heavy atom. The van der Waals surface area contributed by atoms with E-state index in [4.69, 9.17) is 0 Å². The third-order valence-electron chi connectivity index (χ3n) is 6.18. The summed E-state index contributed by atoms with van der Waals surface area (Å²) >= 11 is 0. The highest BCUT2D eigenvalue weighted by molar-refractivity contribution is 6.04. The van der Waals surface area contributed by atoms with Gasteiger partial charge in [-0.2, -0.15) is 0 Å². The Kier molecular flexibility index (Phi) is 6.76. The van der Waals surface area contributed by atoms with Crippen LogP contribution in [-0.4, -0.2) is 43.0 Å². The highest BCUT2D eigenvalue weighted by Gasteiger charge is 2.10. The number of pyridine rings is 1. The van der Waals surface area contributed by atoms with Gasteiger partial charge in [0.1, 0.15) is 0 Å². The van der Waals surface area contributed by atoms with Crippen molar-refractivity contribution < 1.29 is 4.79 Å². The van der Waals surface area contributed by atoms with Crippen molar-refractivity contribution in [1.82, 2.24) is 9.88 Å². The van der Waals surface area contributed by atoms with Crippen molar-refractivity contribution in [3.63, 3.8) is 0 Å². The molecule has 1 aliphatic rings. The van der Waals surface area contributed by atoms with E-state index in [0.717, 1.165) is 39.3 Å². The summed E-state index contributed by atoms with van der Waals surface area (Å²) in [5.41, 5.74) is 6.13. The minimum absolute atomic E-state index is 0.106. The Balaban J connectivity index is 1.24. The lowest BCUT2D eigenvalue weighted by Gasteiger charge is -2.19. The van der Waals surface area contributed by atoms with Crippen molar-refractivity contribution >= 4 is 45.2 Å². The average molecular weight is 491 g/mol. The number of aromatic nitrogens is 1. The Morgan fingerprint density at radius 3 is 2.41 bits per heavy atom. The van der Waals surface area contributed by atoms with Crippen LogP contribution in [-0.2, 0) is 0 Å². The van der Waals surface area contributed by atoms with Gasteiger partial charge < -0.3 is 25.8 Å². The molecule has 1 aromatic heterocycles. The summed E-state index contributed by atoms with van der Waals surface area (Å²) in [5, 5.41) is 10.9. The summed E-state index contributed by atoms with van der Waals surface area (Å²) in [4.78, 5) is 21.5. The van der Waals surface area contributed by atoms with Gasteiger partial charge in [0.05, 0.1) is 11.6 Å². The van der Waals surface area contributed by atoms with E-state index >= 15 is 0 Å². The molecular weight excluding hydrogens is 460 g/mol. The molecule has 4 aromatic rings. The Labute approximate surface area is 217 Å². The van der Waals surface area contributed by atoms with Gasteiger partial charge in [-0.05, 0) is 78.9 Å². The van der Waals surface area contributed by atoms with Gasteiger partial charge in [0.15, 0.2) is 0 Å². The Hall–Kier alpha value is -4.78. The lowest BCUT2D eigenvalue weighted by Crippen LogP contribution is -2.19. The second kappa shape index (κ2) is 10.5. The van der Waals surface area contributed by atoms with Gasteiger partial charge in [-0.3, -0.25) is 9.78 Å². The van der Waals surface area contributed by atoms with Crippen molar-refractivity contribution in [1.29, 1.82) is 0 Å². The van der Waals surface area contributed by atoms with Crippen molar-refractivity contribution in [2.45, 2.75) is 6.04 Å². The molecule has 0 unspecified atom stereocenters. The lowest BCUT2D eigenvalue weighted by molar-refractivity contribution is 0.102. The molecule has 0 aliphatic carbocycles. The first kappa shape index (κ1) is 23.9. The molecule has 5 rings (SSSR count). The summed E-state index contributed by atoms with van der Waals surface area (Å²) in [6, 6.07) is 23.5. The quantitative estimate of drug-likeness (QED) is 0.293. The standard InChI is InChI=1S/C30H30N6O/c1-35(2)26-11-12-27-28(13-16-31-29(27)20-26)33-22-9-7-21(8-10-22)30(37)34-25-6-4-5-24(19-25)32-23-14-17-36(3)18-15-23/h4-20,23,32H,1-3H3,(H,31,33)(H,34,37). The number of nitrogens with one attached hydrogen (secondary N) is 3.